The Morgan fingerprint density at radius 2 is 2.67 bits per heavy atom. The third-order valence-corrected chi connectivity index (χ3v) is 1.60. The first-order valence-corrected chi connectivity index (χ1v) is 3.32. The van der Waals surface area contributed by atoms with Crippen LogP contribution in [0.15, 0.2) is 6.46 Å². The van der Waals surface area contributed by atoms with Crippen molar-refractivity contribution in [1.82, 2.24) is 5.43 Å². The van der Waals surface area contributed by atoms with E-state index in [1.54, 1.807) is 0 Å². The van der Waals surface area contributed by atoms with Crippen molar-refractivity contribution in [1.29, 1.82) is 0 Å². The zero-order valence-corrected chi connectivity index (χ0v) is 5.14. The summed E-state index contributed by atoms with van der Waals surface area (Å²) in [4.78, 5) is 0. The fraction of sp³-hybridized carbons (Fsp3) is 0. The van der Waals surface area contributed by atoms with E-state index < -0.39 is 0 Å². The molecule has 0 atom stereocenters. The summed E-state index contributed by atoms with van der Waals surface area (Å²) < 4.78 is 7.63. The van der Waals surface area contributed by atoms with Crippen molar-refractivity contribution in [2.45, 2.75) is 0 Å². The maximum Gasteiger partial charge on any atom is 0.316 e. The molecule has 0 fully saturated rings. The molecule has 1 aliphatic rings. The van der Waals surface area contributed by atoms with Crippen LogP contribution in [0.3, 0.4) is 0 Å². The second-order valence-electron chi connectivity index (χ2n) is 0.803. The molecule has 1 N–H and O–H groups in total. The summed E-state index contributed by atoms with van der Waals surface area (Å²) in [7, 11) is 0. The zero-order valence-electron chi connectivity index (χ0n) is 2.98. The monoisotopic (exact) mass is 196 g/mol. The summed E-state index contributed by atoms with van der Waals surface area (Å²) in [6, 6.07) is 0. The molecule has 0 spiro atoms. The Kier molecular flexibility index (Phi) is 1.04. The maximum atomic E-state index is 3.87. The first-order chi connectivity index (χ1) is 2.89. The number of hydrogen-bond donors (Lipinski definition) is 1. The van der Waals surface area contributed by atoms with Gasteiger partial charge in [0, 0.05) is 0 Å². The standard InChI is InChI=1S/C2H3IN3/c1-2-4-3-6-5-2/h1H2,(H,4,5,6)/q+1. The van der Waals surface area contributed by atoms with E-state index in [-0.39, 0.29) is 21.3 Å². The number of nitrogens with one attached hydrogen (secondary N) is 1. The smallest absolute Gasteiger partial charge is 0.218 e. The van der Waals surface area contributed by atoms with Crippen molar-refractivity contribution in [3.8, 4) is 0 Å². The maximum absolute atomic E-state index is 3.87. The van der Waals surface area contributed by atoms with E-state index in [0.717, 1.165) is 0 Å². The number of halogens is 1. The van der Waals surface area contributed by atoms with Gasteiger partial charge in [0.2, 0.25) is 0 Å². The van der Waals surface area contributed by atoms with E-state index in [1.807, 2.05) is 0 Å². The lowest BCUT2D eigenvalue weighted by Gasteiger charge is -1.71. The number of amidine groups is 1. The summed E-state index contributed by atoms with van der Waals surface area (Å²) in [5, 5.41) is 0. The third kappa shape index (κ3) is 0.675. The van der Waals surface area contributed by atoms with Crippen molar-refractivity contribution < 1.29 is 0 Å². The van der Waals surface area contributed by atoms with Gasteiger partial charge >= 0.3 is 5.84 Å². The van der Waals surface area contributed by atoms with Crippen molar-refractivity contribution in [3.05, 3.63) is 6.92 Å². The predicted octanol–water partition coefficient (Wildman–Crippen LogP) is 0.806. The van der Waals surface area contributed by atoms with Gasteiger partial charge in [-0.2, -0.15) is 0 Å². The Balaban J connectivity index is 2.61. The summed E-state index contributed by atoms with van der Waals surface area (Å²) in [6.45, 7) is 3.51. The quantitative estimate of drug-likeness (QED) is 0.451. The minimum absolute atomic E-state index is 0.259. The van der Waals surface area contributed by atoms with Crippen LogP contribution >= 0.6 is 21.3 Å². The Hall–Kier alpha value is -0.130. The molecule has 0 aliphatic carbocycles. The average Bonchev–Trinajstić information content (AvgIpc) is 1.86. The summed E-state index contributed by atoms with van der Waals surface area (Å²) in [5.74, 6) is 0.711. The second-order valence-corrected chi connectivity index (χ2v) is 2.20. The fourth-order valence-corrected chi connectivity index (χ4v) is 1.01. The molecule has 3 nitrogen and oxygen atoms in total. The van der Waals surface area contributed by atoms with Gasteiger partial charge in [0.1, 0.15) is 6.92 Å². The molecular weight excluding hydrogens is 193 g/mol. The fourth-order valence-electron chi connectivity index (χ4n) is 0.151. The lowest BCUT2D eigenvalue weighted by Crippen LogP contribution is -2.06. The van der Waals surface area contributed by atoms with Gasteiger partial charge in [0.15, 0.2) is 21.3 Å². The molecule has 1 rings (SSSR count). The van der Waals surface area contributed by atoms with Gasteiger partial charge in [-0.25, -0.2) is 5.43 Å². The molecule has 1 aliphatic heterocycles. The number of rotatable bonds is 0. The Labute approximate surface area is 46.3 Å². The Bertz CT molecular complexity index is 105. The minimum Gasteiger partial charge on any atom is -0.218 e. The van der Waals surface area contributed by atoms with Crippen molar-refractivity contribution in [2.75, 3.05) is 0 Å². The molecule has 0 unspecified atom stereocenters. The molecule has 1 heterocycles. The molecule has 0 radical (unpaired) electrons. The predicted molar refractivity (Wildman–Crippen MR) is 32.4 cm³/mol. The first-order valence-electron chi connectivity index (χ1n) is 1.39. The van der Waals surface area contributed by atoms with E-state index in [1.165, 1.54) is 0 Å². The summed E-state index contributed by atoms with van der Waals surface area (Å²) in [6.07, 6.45) is 0. The highest BCUT2D eigenvalue weighted by Crippen LogP contribution is 2.04. The van der Waals surface area contributed by atoms with Crippen LogP contribution in [0.4, 0.5) is 0 Å². The van der Waals surface area contributed by atoms with Gasteiger partial charge in [-0.05, 0) is 0 Å². The van der Waals surface area contributed by atoms with E-state index in [0.29, 0.717) is 5.84 Å². The van der Waals surface area contributed by atoms with Crippen LogP contribution in [0, 0.1) is 6.92 Å². The van der Waals surface area contributed by atoms with Gasteiger partial charge in [-0.15, -0.1) is 6.46 Å². The van der Waals surface area contributed by atoms with Gasteiger partial charge in [-0.1, -0.05) is 0 Å². The molecule has 32 valence electrons. The molecule has 0 aromatic carbocycles. The topological polar surface area (TPSA) is 36.8 Å². The van der Waals surface area contributed by atoms with Gasteiger partial charge in [0.25, 0.3) is 0 Å². The average molecular weight is 196 g/mol. The molecule has 0 amide bonds. The van der Waals surface area contributed by atoms with E-state index in [4.69, 9.17) is 0 Å². The van der Waals surface area contributed by atoms with Crippen LogP contribution < -0.4 is 5.43 Å². The summed E-state index contributed by atoms with van der Waals surface area (Å²) >= 11 is -0.259. The summed E-state index contributed by atoms with van der Waals surface area (Å²) in [5.41, 5.74) is 2.63. The number of nitrogens with zero attached hydrogens (tertiary/aromatic N) is 2. The Morgan fingerprint density at radius 1 is 1.83 bits per heavy atom. The molecule has 6 heavy (non-hydrogen) atoms. The molecule has 0 aromatic heterocycles. The zero-order chi connectivity index (χ0) is 4.41. The molecular formula is C2H3IN3+. The molecule has 0 saturated carbocycles. The SMILES string of the molecule is [CH2+]C1=NI=NN1. The van der Waals surface area contributed by atoms with Crippen LogP contribution in [0.2, 0.25) is 0 Å². The highest BCUT2D eigenvalue weighted by molar-refractivity contribution is 14.1. The normalized spacial score (nSPS) is 18.3. The van der Waals surface area contributed by atoms with Crippen LogP contribution in [0.1, 0.15) is 0 Å². The highest BCUT2D eigenvalue weighted by Gasteiger charge is 1.97. The lowest BCUT2D eigenvalue weighted by atomic mass is 10.7. The minimum atomic E-state index is -0.259. The molecule has 0 saturated heterocycles. The van der Waals surface area contributed by atoms with Crippen LogP contribution in [-0.2, 0) is 0 Å². The van der Waals surface area contributed by atoms with Crippen LogP contribution in [-0.4, -0.2) is 5.84 Å². The first kappa shape index (κ1) is 4.04. The number of hydrogen-bond acceptors (Lipinski definition) is 3. The third-order valence-electron chi connectivity index (χ3n) is 0.349. The second kappa shape index (κ2) is 1.55. The van der Waals surface area contributed by atoms with E-state index in [9.17, 15) is 0 Å². The lowest BCUT2D eigenvalue weighted by molar-refractivity contribution is 1.09. The Morgan fingerprint density at radius 3 is 2.83 bits per heavy atom. The van der Waals surface area contributed by atoms with Crippen LogP contribution in [0.5, 0.6) is 0 Å². The van der Waals surface area contributed by atoms with E-state index in [2.05, 4.69) is 18.8 Å². The van der Waals surface area contributed by atoms with Gasteiger partial charge < -0.3 is 0 Å². The van der Waals surface area contributed by atoms with Gasteiger partial charge in [-0.3, -0.25) is 0 Å². The van der Waals surface area contributed by atoms with Crippen LogP contribution in [0.25, 0.3) is 0 Å². The van der Waals surface area contributed by atoms with Crippen molar-refractivity contribution >= 4 is 27.1 Å². The van der Waals surface area contributed by atoms with Gasteiger partial charge in [0.05, 0.1) is 0 Å². The molecule has 4 heteroatoms. The molecule has 0 aromatic rings. The highest BCUT2D eigenvalue weighted by atomic mass is 127. The molecule has 0 bridgehead atoms. The largest absolute Gasteiger partial charge is 0.316 e. The van der Waals surface area contributed by atoms with Crippen molar-refractivity contribution in [3.63, 3.8) is 0 Å². The van der Waals surface area contributed by atoms with Crippen molar-refractivity contribution in [2.24, 2.45) is 6.46 Å². The van der Waals surface area contributed by atoms with E-state index >= 15 is 0 Å².